The third-order valence-corrected chi connectivity index (χ3v) is 5.70. The van der Waals surface area contributed by atoms with Crippen LogP contribution in [0, 0.1) is 5.92 Å². The summed E-state index contributed by atoms with van der Waals surface area (Å²) in [6.45, 7) is 5.06. The summed E-state index contributed by atoms with van der Waals surface area (Å²) in [6, 6.07) is 0. The molecule has 0 bridgehead atoms. The van der Waals surface area contributed by atoms with E-state index in [1.54, 1.807) is 0 Å². The molecule has 0 saturated carbocycles. The van der Waals surface area contributed by atoms with Crippen LogP contribution in [0.15, 0.2) is 10.8 Å². The van der Waals surface area contributed by atoms with Gasteiger partial charge in [0.05, 0.1) is 11.9 Å². The Morgan fingerprint density at radius 1 is 1.29 bits per heavy atom. The molecule has 1 aliphatic heterocycles. The van der Waals surface area contributed by atoms with Crippen molar-refractivity contribution in [1.29, 1.82) is 0 Å². The van der Waals surface area contributed by atoms with E-state index in [2.05, 4.69) is 0 Å². The summed E-state index contributed by atoms with van der Waals surface area (Å²) in [5, 5.41) is 3.00. The van der Waals surface area contributed by atoms with Crippen LogP contribution in [0.5, 0.6) is 11.5 Å². The Hall–Kier alpha value is 0.170. The summed E-state index contributed by atoms with van der Waals surface area (Å²) >= 11 is 1.51. The molecular formula is C15H25NaO6S2. The Bertz CT molecular complexity index is 587. The third-order valence-electron chi connectivity index (χ3n) is 3.69. The van der Waals surface area contributed by atoms with E-state index >= 15 is 0 Å². The van der Waals surface area contributed by atoms with E-state index in [0.29, 0.717) is 25.6 Å². The summed E-state index contributed by atoms with van der Waals surface area (Å²) < 4.78 is 48.9. The molecule has 0 aliphatic carbocycles. The molecule has 24 heavy (non-hydrogen) atoms. The van der Waals surface area contributed by atoms with Crippen LogP contribution in [-0.4, -0.2) is 73.7 Å². The Morgan fingerprint density at radius 2 is 2.00 bits per heavy atom. The van der Waals surface area contributed by atoms with E-state index in [1.807, 2.05) is 24.6 Å². The summed E-state index contributed by atoms with van der Waals surface area (Å²) in [6.07, 6.45) is 1.28. The molecule has 0 radical (unpaired) electrons. The van der Waals surface area contributed by atoms with Gasteiger partial charge in [-0.25, -0.2) is 0 Å². The zero-order valence-electron chi connectivity index (χ0n) is 13.4. The van der Waals surface area contributed by atoms with Crippen LogP contribution in [0.25, 0.3) is 0 Å². The molecule has 1 aromatic heterocycles. The molecule has 1 aromatic rings. The monoisotopic (exact) mass is 388 g/mol. The van der Waals surface area contributed by atoms with Gasteiger partial charge in [-0.2, -0.15) is 8.42 Å². The van der Waals surface area contributed by atoms with Crippen molar-refractivity contribution in [3.63, 3.8) is 0 Å². The quantitative estimate of drug-likeness (QED) is 0.397. The van der Waals surface area contributed by atoms with Gasteiger partial charge >= 0.3 is 29.6 Å². The molecule has 2 atom stereocenters. The molecule has 2 unspecified atom stereocenters. The molecule has 1 aliphatic rings. The number of hydrogen-bond donors (Lipinski definition) is 1. The maximum absolute atomic E-state index is 11.4. The first-order valence-corrected chi connectivity index (χ1v) is 10.2. The van der Waals surface area contributed by atoms with Gasteiger partial charge in [-0.15, -0.1) is 11.3 Å². The second-order valence-corrected chi connectivity index (χ2v) is 8.56. The van der Waals surface area contributed by atoms with Crippen LogP contribution >= 0.6 is 11.3 Å². The molecular weight excluding hydrogens is 363 g/mol. The SMILES string of the molecule is CC(C)CCC(CCOCC1COc2cscc2O1)S(=O)(=O)O.[NaH]. The van der Waals surface area contributed by atoms with Gasteiger partial charge in [-0.3, -0.25) is 4.55 Å². The van der Waals surface area contributed by atoms with Gasteiger partial charge in [0.15, 0.2) is 17.6 Å². The van der Waals surface area contributed by atoms with Gasteiger partial charge in [-0.05, 0) is 25.2 Å². The molecule has 6 nitrogen and oxygen atoms in total. The molecule has 0 spiro atoms. The molecule has 2 heterocycles. The van der Waals surface area contributed by atoms with Crippen molar-refractivity contribution in [3.05, 3.63) is 10.8 Å². The Balaban J connectivity index is 0.00000288. The van der Waals surface area contributed by atoms with Gasteiger partial charge in [-0.1, -0.05) is 13.8 Å². The average Bonchev–Trinajstić information content (AvgIpc) is 2.92. The minimum atomic E-state index is -4.03. The Kier molecular flexibility index (Phi) is 9.58. The summed E-state index contributed by atoms with van der Waals surface area (Å²) in [5.41, 5.74) is 0. The molecule has 2 rings (SSSR count). The Morgan fingerprint density at radius 3 is 2.67 bits per heavy atom. The second kappa shape index (κ2) is 10.4. The van der Waals surface area contributed by atoms with Crippen molar-refractivity contribution in [3.8, 4) is 11.5 Å². The first-order valence-electron chi connectivity index (χ1n) is 7.76. The van der Waals surface area contributed by atoms with Crippen LogP contribution in [-0.2, 0) is 14.9 Å². The predicted octanol–water partition coefficient (Wildman–Crippen LogP) is 2.34. The standard InChI is InChI=1S/C15H24O6S2.Na.H/c1-11(2)3-4-13(23(16,17)18)5-6-19-7-12-8-20-14-9-22-10-15(14)21-12;;/h9-13H,3-8H2,1-2H3,(H,16,17,18);;. The zero-order chi connectivity index (χ0) is 16.9. The van der Waals surface area contributed by atoms with Crippen molar-refractivity contribution in [2.75, 3.05) is 19.8 Å². The summed E-state index contributed by atoms with van der Waals surface area (Å²) in [7, 11) is -4.03. The van der Waals surface area contributed by atoms with Gasteiger partial charge in [0.25, 0.3) is 10.1 Å². The van der Waals surface area contributed by atoms with Crippen molar-refractivity contribution < 1.29 is 27.2 Å². The molecule has 9 heteroatoms. The molecule has 134 valence electrons. The Labute approximate surface area is 169 Å². The molecule has 0 aromatic carbocycles. The molecule has 0 saturated heterocycles. The fraction of sp³-hybridized carbons (Fsp3) is 0.733. The van der Waals surface area contributed by atoms with E-state index in [0.717, 1.165) is 17.9 Å². The van der Waals surface area contributed by atoms with Crippen LogP contribution in [0.2, 0.25) is 0 Å². The first kappa shape index (κ1) is 22.2. The number of fused-ring (bicyclic) bond motifs is 1. The molecule has 0 amide bonds. The van der Waals surface area contributed by atoms with Crippen LogP contribution in [0.4, 0.5) is 0 Å². The molecule has 0 fully saturated rings. The van der Waals surface area contributed by atoms with Crippen LogP contribution in [0.1, 0.15) is 33.1 Å². The summed E-state index contributed by atoms with van der Waals surface area (Å²) in [4.78, 5) is 0. The van der Waals surface area contributed by atoms with Gasteiger partial charge in [0.2, 0.25) is 0 Å². The first-order chi connectivity index (χ1) is 10.9. The third kappa shape index (κ3) is 7.19. The number of thiophene rings is 1. The number of rotatable bonds is 9. The average molecular weight is 388 g/mol. The fourth-order valence-electron chi connectivity index (χ4n) is 2.33. The van der Waals surface area contributed by atoms with Crippen LogP contribution < -0.4 is 9.47 Å². The van der Waals surface area contributed by atoms with Gasteiger partial charge in [0.1, 0.15) is 6.61 Å². The van der Waals surface area contributed by atoms with Crippen LogP contribution in [0.3, 0.4) is 0 Å². The maximum atomic E-state index is 11.4. The predicted molar refractivity (Wildman–Crippen MR) is 96.2 cm³/mol. The molecule has 1 N–H and O–H groups in total. The van der Waals surface area contributed by atoms with Gasteiger partial charge < -0.3 is 14.2 Å². The number of hydrogen-bond acceptors (Lipinski definition) is 6. The van der Waals surface area contributed by atoms with E-state index in [4.69, 9.17) is 14.2 Å². The van der Waals surface area contributed by atoms with Gasteiger partial charge in [0, 0.05) is 17.4 Å². The normalized spacial score (nSPS) is 18.2. The number of ether oxygens (including phenoxy) is 3. The van der Waals surface area contributed by atoms with Crippen molar-refractivity contribution in [1.82, 2.24) is 0 Å². The second-order valence-electron chi connectivity index (χ2n) is 6.12. The van der Waals surface area contributed by atoms with Crippen molar-refractivity contribution in [2.24, 2.45) is 5.92 Å². The van der Waals surface area contributed by atoms with E-state index in [-0.39, 0.29) is 48.7 Å². The fourth-order valence-corrected chi connectivity index (χ4v) is 3.83. The zero-order valence-corrected chi connectivity index (χ0v) is 15.1. The van der Waals surface area contributed by atoms with Crippen molar-refractivity contribution in [2.45, 2.75) is 44.5 Å². The van der Waals surface area contributed by atoms with E-state index < -0.39 is 15.4 Å². The summed E-state index contributed by atoms with van der Waals surface area (Å²) in [5.74, 6) is 1.88. The van der Waals surface area contributed by atoms with E-state index in [1.165, 1.54) is 11.3 Å². The van der Waals surface area contributed by atoms with E-state index in [9.17, 15) is 13.0 Å². The van der Waals surface area contributed by atoms with Crippen molar-refractivity contribution >= 4 is 51.0 Å². The topological polar surface area (TPSA) is 82.1 Å². The minimum absolute atomic E-state index is 0.